The number of carbonyl (C=O) groups excluding carboxylic acids is 1. The van der Waals surface area contributed by atoms with Gasteiger partial charge in [0.2, 0.25) is 5.82 Å². The summed E-state index contributed by atoms with van der Waals surface area (Å²) in [5.74, 6) is 0.326. The fraction of sp³-hybridized carbons (Fsp3) is 0.150. The smallest absolute Gasteiger partial charge is 0.325 e. The van der Waals surface area contributed by atoms with Crippen molar-refractivity contribution >= 4 is 17.5 Å². The molecule has 0 aliphatic rings. The number of carbonyl (C=O) groups is 1. The van der Waals surface area contributed by atoms with Gasteiger partial charge in [0.05, 0.1) is 19.9 Å². The predicted octanol–water partition coefficient (Wildman–Crippen LogP) is 3.34. The molecule has 0 bridgehead atoms. The van der Waals surface area contributed by atoms with Crippen LogP contribution in [-0.4, -0.2) is 29.8 Å². The zero-order valence-corrected chi connectivity index (χ0v) is 16.0. The van der Waals surface area contributed by atoms with E-state index in [0.717, 1.165) is 0 Å². The van der Waals surface area contributed by atoms with Gasteiger partial charge in [-0.1, -0.05) is 6.07 Å². The fourth-order valence-corrected chi connectivity index (χ4v) is 2.62. The van der Waals surface area contributed by atoms with Crippen LogP contribution in [0.4, 0.5) is 20.7 Å². The molecule has 3 rings (SSSR count). The largest absolute Gasteiger partial charge is 0.493 e. The average Bonchev–Trinajstić information content (AvgIpc) is 2.71. The molecule has 3 aromatic rings. The van der Waals surface area contributed by atoms with Gasteiger partial charge in [0, 0.05) is 24.1 Å². The lowest BCUT2D eigenvalue weighted by atomic mass is 10.2. The van der Waals surface area contributed by atoms with Crippen molar-refractivity contribution in [3.05, 3.63) is 70.5 Å². The maximum atomic E-state index is 13.6. The molecule has 0 spiro atoms. The molecule has 0 saturated carbocycles. The van der Waals surface area contributed by atoms with E-state index in [0.29, 0.717) is 22.7 Å². The van der Waals surface area contributed by atoms with E-state index >= 15 is 0 Å². The molecule has 2 aromatic carbocycles. The summed E-state index contributed by atoms with van der Waals surface area (Å²) in [5.41, 5.74) is 0.657. The SMILES string of the molecule is COc1ccc(-n2ccnc(NC(=O)Nc3ccc(C)c(F)c3)c2=O)cc1OC. The number of hydrogen-bond donors (Lipinski definition) is 2. The van der Waals surface area contributed by atoms with Crippen LogP contribution in [0.25, 0.3) is 5.69 Å². The molecule has 0 atom stereocenters. The first-order valence-corrected chi connectivity index (χ1v) is 8.57. The van der Waals surface area contributed by atoms with Crippen LogP contribution in [0.1, 0.15) is 5.56 Å². The van der Waals surface area contributed by atoms with Crippen molar-refractivity contribution in [2.75, 3.05) is 24.9 Å². The lowest BCUT2D eigenvalue weighted by molar-refractivity contribution is 0.262. The first-order valence-electron chi connectivity index (χ1n) is 8.57. The second kappa shape index (κ2) is 8.42. The molecule has 0 fully saturated rings. The Kier molecular flexibility index (Phi) is 5.77. The van der Waals surface area contributed by atoms with Crippen molar-refractivity contribution in [3.8, 4) is 17.2 Å². The minimum atomic E-state index is -0.720. The number of nitrogens with zero attached hydrogens (tertiary/aromatic N) is 2. The van der Waals surface area contributed by atoms with E-state index in [2.05, 4.69) is 15.6 Å². The standard InChI is InChI=1S/C20H19FN4O4/c1-12-4-5-13(10-15(12)21)23-20(27)24-18-19(26)25(9-8-22-18)14-6-7-16(28-2)17(11-14)29-3/h4-11H,1-3H3,(H2,22,23,24,27). The summed E-state index contributed by atoms with van der Waals surface area (Å²) in [7, 11) is 3.00. The molecule has 8 nitrogen and oxygen atoms in total. The van der Waals surface area contributed by atoms with Gasteiger partial charge >= 0.3 is 6.03 Å². The zero-order chi connectivity index (χ0) is 21.0. The number of rotatable bonds is 5. The molecule has 2 N–H and O–H groups in total. The van der Waals surface area contributed by atoms with Crippen LogP contribution in [0.5, 0.6) is 11.5 Å². The van der Waals surface area contributed by atoms with Gasteiger partial charge in [0.15, 0.2) is 11.5 Å². The average molecular weight is 398 g/mol. The Morgan fingerprint density at radius 3 is 2.52 bits per heavy atom. The van der Waals surface area contributed by atoms with Crippen molar-refractivity contribution in [1.82, 2.24) is 9.55 Å². The molecule has 0 aliphatic heterocycles. The number of ether oxygens (including phenoxy) is 2. The van der Waals surface area contributed by atoms with E-state index in [1.807, 2.05) is 0 Å². The Morgan fingerprint density at radius 1 is 1.07 bits per heavy atom. The fourth-order valence-electron chi connectivity index (χ4n) is 2.62. The number of hydrogen-bond acceptors (Lipinski definition) is 5. The number of urea groups is 1. The van der Waals surface area contributed by atoms with E-state index in [-0.39, 0.29) is 11.5 Å². The first-order chi connectivity index (χ1) is 13.9. The van der Waals surface area contributed by atoms with Crippen molar-refractivity contribution in [2.45, 2.75) is 6.92 Å². The highest BCUT2D eigenvalue weighted by Gasteiger charge is 2.13. The van der Waals surface area contributed by atoms with Gasteiger partial charge in [0.25, 0.3) is 5.56 Å². The monoisotopic (exact) mass is 398 g/mol. The Bertz CT molecular complexity index is 1110. The van der Waals surface area contributed by atoms with Crippen molar-refractivity contribution in [3.63, 3.8) is 0 Å². The van der Waals surface area contributed by atoms with Crippen LogP contribution in [0.2, 0.25) is 0 Å². The summed E-state index contributed by atoms with van der Waals surface area (Å²) < 4.78 is 25.4. The van der Waals surface area contributed by atoms with Gasteiger partial charge in [-0.3, -0.25) is 14.7 Å². The summed E-state index contributed by atoms with van der Waals surface area (Å²) >= 11 is 0. The van der Waals surface area contributed by atoms with E-state index in [1.165, 1.54) is 43.3 Å². The van der Waals surface area contributed by atoms with Gasteiger partial charge in [0.1, 0.15) is 5.82 Å². The molecular weight excluding hydrogens is 379 g/mol. The molecule has 1 aromatic heterocycles. The molecule has 1 heterocycles. The number of anilines is 2. The first kappa shape index (κ1) is 19.9. The summed E-state index contributed by atoms with van der Waals surface area (Å²) in [4.78, 5) is 28.8. The number of aromatic nitrogens is 2. The quantitative estimate of drug-likeness (QED) is 0.687. The van der Waals surface area contributed by atoms with Crippen LogP contribution in [-0.2, 0) is 0 Å². The topological polar surface area (TPSA) is 94.5 Å². The third-order valence-electron chi connectivity index (χ3n) is 4.15. The van der Waals surface area contributed by atoms with E-state index in [4.69, 9.17) is 9.47 Å². The molecule has 0 radical (unpaired) electrons. The minimum absolute atomic E-state index is 0.188. The number of benzene rings is 2. The predicted molar refractivity (Wildman–Crippen MR) is 107 cm³/mol. The number of halogens is 1. The number of amides is 2. The molecule has 0 aliphatic carbocycles. The zero-order valence-electron chi connectivity index (χ0n) is 16.0. The number of methoxy groups -OCH3 is 2. The van der Waals surface area contributed by atoms with Gasteiger partial charge in [-0.2, -0.15) is 0 Å². The van der Waals surface area contributed by atoms with Crippen LogP contribution >= 0.6 is 0 Å². The van der Waals surface area contributed by atoms with Gasteiger partial charge in [-0.25, -0.2) is 14.2 Å². The van der Waals surface area contributed by atoms with Crippen LogP contribution < -0.4 is 25.7 Å². The van der Waals surface area contributed by atoms with E-state index in [1.54, 1.807) is 31.2 Å². The summed E-state index contributed by atoms with van der Waals surface area (Å²) in [6, 6.07) is 8.51. The summed E-state index contributed by atoms with van der Waals surface area (Å²) in [6.45, 7) is 1.61. The molecule has 0 unspecified atom stereocenters. The summed E-state index contributed by atoms with van der Waals surface area (Å²) in [5, 5.41) is 4.84. The molecule has 0 saturated heterocycles. The third-order valence-corrected chi connectivity index (χ3v) is 4.15. The van der Waals surface area contributed by atoms with Crippen molar-refractivity contribution < 1.29 is 18.7 Å². The van der Waals surface area contributed by atoms with Crippen LogP contribution in [0.15, 0.2) is 53.6 Å². The third kappa shape index (κ3) is 4.34. The van der Waals surface area contributed by atoms with Gasteiger partial charge < -0.3 is 14.8 Å². The maximum Gasteiger partial charge on any atom is 0.325 e. The lowest BCUT2D eigenvalue weighted by Gasteiger charge is -2.12. The highest BCUT2D eigenvalue weighted by molar-refractivity contribution is 5.99. The summed E-state index contributed by atoms with van der Waals surface area (Å²) in [6.07, 6.45) is 2.83. The van der Waals surface area contributed by atoms with Crippen LogP contribution in [0, 0.1) is 12.7 Å². The molecule has 29 heavy (non-hydrogen) atoms. The molecular formula is C20H19FN4O4. The number of aryl methyl sites for hydroxylation is 1. The van der Waals surface area contributed by atoms with Crippen LogP contribution in [0.3, 0.4) is 0 Å². The second-order valence-corrected chi connectivity index (χ2v) is 6.03. The highest BCUT2D eigenvalue weighted by atomic mass is 19.1. The molecule has 9 heteroatoms. The normalized spacial score (nSPS) is 10.3. The Morgan fingerprint density at radius 2 is 1.83 bits per heavy atom. The van der Waals surface area contributed by atoms with Gasteiger partial charge in [-0.15, -0.1) is 0 Å². The minimum Gasteiger partial charge on any atom is -0.493 e. The second-order valence-electron chi connectivity index (χ2n) is 6.03. The number of nitrogens with one attached hydrogen (secondary N) is 2. The Labute approximate surface area is 165 Å². The van der Waals surface area contributed by atoms with Crippen molar-refractivity contribution in [1.29, 1.82) is 0 Å². The highest BCUT2D eigenvalue weighted by Crippen LogP contribution is 2.28. The maximum absolute atomic E-state index is 13.6. The van der Waals surface area contributed by atoms with Crippen molar-refractivity contribution in [2.24, 2.45) is 0 Å². The Balaban J connectivity index is 1.84. The Hall–Kier alpha value is -3.88. The van der Waals surface area contributed by atoms with E-state index in [9.17, 15) is 14.0 Å². The lowest BCUT2D eigenvalue weighted by Crippen LogP contribution is -2.28. The molecule has 2 amide bonds. The van der Waals surface area contributed by atoms with Gasteiger partial charge in [-0.05, 0) is 36.8 Å². The van der Waals surface area contributed by atoms with E-state index < -0.39 is 17.4 Å². The molecule has 150 valence electrons.